The Morgan fingerprint density at radius 1 is 0.887 bits per heavy atom. The molecular formula is C48H72O14. The van der Waals surface area contributed by atoms with Gasteiger partial charge in [0.15, 0.2) is 18.4 Å². The van der Waals surface area contributed by atoms with Crippen LogP contribution < -0.4 is 0 Å². The van der Waals surface area contributed by atoms with E-state index < -0.39 is 90.8 Å². The number of esters is 1. The number of rotatable bonds is 8. The summed E-state index contributed by atoms with van der Waals surface area (Å²) in [5, 5.41) is 34.2. The van der Waals surface area contributed by atoms with Gasteiger partial charge in [-0.3, -0.25) is 4.79 Å². The van der Waals surface area contributed by atoms with Gasteiger partial charge in [0.1, 0.15) is 42.0 Å². The number of aliphatic hydroxyl groups is 3. The normalized spacial score (nSPS) is 49.1. The SMILES string of the molecule is CCC(C)C1OC2(C=CC1C)CC1CC(C/C=C(\C)C(OC3CC(OC)C(OC4CC(OC)C(O)C(C)O4)C(C)O3)C(C)/C=C/C=C3\COC4C(O)C(C)=CC(C(=O)O1)C34O)O2. The van der Waals surface area contributed by atoms with Gasteiger partial charge in [-0.2, -0.15) is 0 Å². The summed E-state index contributed by atoms with van der Waals surface area (Å²) in [5.74, 6) is -2.56. The van der Waals surface area contributed by atoms with Crippen molar-refractivity contribution in [3.8, 4) is 0 Å². The first-order valence-electron chi connectivity index (χ1n) is 22.9. The van der Waals surface area contributed by atoms with Crippen LogP contribution in [0.4, 0.5) is 0 Å². The predicted molar refractivity (Wildman–Crippen MR) is 227 cm³/mol. The Morgan fingerprint density at radius 3 is 2.32 bits per heavy atom. The lowest BCUT2D eigenvalue weighted by Crippen LogP contribution is -2.58. The van der Waals surface area contributed by atoms with Crippen molar-refractivity contribution in [2.24, 2.45) is 23.7 Å². The van der Waals surface area contributed by atoms with Crippen molar-refractivity contribution in [3.63, 3.8) is 0 Å². The lowest BCUT2D eigenvalue weighted by Gasteiger charge is -2.48. The summed E-state index contributed by atoms with van der Waals surface area (Å²) in [6.07, 6.45) is 8.55. The van der Waals surface area contributed by atoms with E-state index in [4.69, 9.17) is 47.4 Å². The first-order valence-corrected chi connectivity index (χ1v) is 22.9. The molecule has 6 aliphatic heterocycles. The molecule has 1 spiro atoms. The minimum Gasteiger partial charge on any atom is -0.462 e. The maximum atomic E-state index is 14.3. The van der Waals surface area contributed by atoms with E-state index in [1.807, 2.05) is 32.1 Å². The molecule has 3 N–H and O–H groups in total. The summed E-state index contributed by atoms with van der Waals surface area (Å²) < 4.78 is 63.7. The largest absolute Gasteiger partial charge is 0.462 e. The lowest BCUT2D eigenvalue weighted by atomic mass is 9.71. The summed E-state index contributed by atoms with van der Waals surface area (Å²) in [7, 11) is 3.22. The summed E-state index contributed by atoms with van der Waals surface area (Å²) in [6.45, 7) is 16.1. The fourth-order valence-electron chi connectivity index (χ4n) is 10.6. The standard InChI is InChI=1S/C48H72O14/c1-11-25(2)43-28(5)17-18-47(62-43)23-34-20-33(61-47)16-15-27(4)42(26(3)13-12-14-32-24-55-45-40(49)29(6)19-35(46(51)58-34)48(32,45)52)59-39-22-37(54-10)44(31(8)57-39)60-38-21-36(53-9)41(50)30(7)56-38/h12-15,17-19,25-26,28,30-31,33-45,49-50,52H,11,16,20-24H2,1-10H3/b13-12+,27-15+,32-14+. The number of aliphatic hydroxyl groups excluding tert-OH is 2. The number of hydrogen-bond donors (Lipinski definition) is 3. The van der Waals surface area contributed by atoms with Crippen molar-refractivity contribution in [1.82, 2.24) is 0 Å². The Kier molecular flexibility index (Phi) is 15.1. The fourth-order valence-corrected chi connectivity index (χ4v) is 10.6. The fraction of sp³-hybridized carbons (Fsp3) is 0.771. The van der Waals surface area contributed by atoms with Crippen LogP contribution in [0.2, 0.25) is 0 Å². The van der Waals surface area contributed by atoms with Crippen LogP contribution in [0.1, 0.15) is 93.9 Å². The molecule has 4 fully saturated rings. The van der Waals surface area contributed by atoms with Gasteiger partial charge >= 0.3 is 5.97 Å². The van der Waals surface area contributed by atoms with Crippen LogP contribution >= 0.6 is 0 Å². The maximum Gasteiger partial charge on any atom is 0.316 e. The molecule has 2 bridgehead atoms. The van der Waals surface area contributed by atoms with Crippen molar-refractivity contribution in [3.05, 3.63) is 59.3 Å². The Bertz CT molecular complexity index is 1730. The van der Waals surface area contributed by atoms with Crippen molar-refractivity contribution in [2.45, 2.75) is 191 Å². The van der Waals surface area contributed by atoms with E-state index in [9.17, 15) is 20.1 Å². The molecule has 7 rings (SSSR count). The summed E-state index contributed by atoms with van der Waals surface area (Å²) in [4.78, 5) is 14.3. The van der Waals surface area contributed by atoms with Crippen molar-refractivity contribution in [2.75, 3.05) is 20.8 Å². The third-order valence-corrected chi connectivity index (χ3v) is 14.5. The number of fused-ring (bicyclic) bond motifs is 2. The quantitative estimate of drug-likeness (QED) is 0.210. The molecule has 7 aliphatic rings. The number of carbonyl (C=O) groups is 1. The minimum atomic E-state index is -1.84. The first-order chi connectivity index (χ1) is 29.5. The molecule has 62 heavy (non-hydrogen) atoms. The smallest absolute Gasteiger partial charge is 0.316 e. The predicted octanol–water partition coefficient (Wildman–Crippen LogP) is 5.38. The van der Waals surface area contributed by atoms with E-state index >= 15 is 0 Å². The van der Waals surface area contributed by atoms with E-state index in [1.54, 1.807) is 40.2 Å². The summed E-state index contributed by atoms with van der Waals surface area (Å²) in [5.41, 5.74) is 0.134. The third-order valence-electron chi connectivity index (χ3n) is 14.5. The van der Waals surface area contributed by atoms with Crippen LogP contribution in [-0.2, 0) is 52.2 Å². The minimum absolute atomic E-state index is 0.0317. The second kappa shape index (κ2) is 19.7. The highest BCUT2D eigenvalue weighted by Gasteiger charge is 2.60. The van der Waals surface area contributed by atoms with Crippen LogP contribution in [0, 0.1) is 23.7 Å². The van der Waals surface area contributed by atoms with Crippen molar-refractivity contribution < 1.29 is 67.5 Å². The maximum absolute atomic E-state index is 14.3. The van der Waals surface area contributed by atoms with Gasteiger partial charge in [-0.05, 0) is 62.8 Å². The molecule has 0 amide bonds. The lowest BCUT2D eigenvalue weighted by molar-refractivity contribution is -0.318. The van der Waals surface area contributed by atoms with E-state index in [0.717, 1.165) is 12.0 Å². The van der Waals surface area contributed by atoms with E-state index in [0.29, 0.717) is 43.3 Å². The Labute approximate surface area is 367 Å². The molecule has 0 radical (unpaired) electrons. The molecule has 1 aliphatic carbocycles. The molecule has 6 heterocycles. The molecule has 14 heteroatoms. The van der Waals surface area contributed by atoms with Crippen molar-refractivity contribution in [1.29, 1.82) is 0 Å². The van der Waals surface area contributed by atoms with Crippen LogP contribution in [0.25, 0.3) is 0 Å². The monoisotopic (exact) mass is 872 g/mol. The molecule has 20 unspecified atom stereocenters. The molecule has 14 nitrogen and oxygen atoms in total. The highest BCUT2D eigenvalue weighted by molar-refractivity contribution is 5.78. The van der Waals surface area contributed by atoms with Crippen LogP contribution in [-0.4, -0.2) is 139 Å². The average molecular weight is 873 g/mol. The number of hydrogen-bond acceptors (Lipinski definition) is 14. The van der Waals surface area contributed by atoms with Crippen LogP contribution in [0.3, 0.4) is 0 Å². The molecule has 0 aromatic heterocycles. The zero-order valence-electron chi connectivity index (χ0n) is 38.2. The number of allylic oxidation sites excluding steroid dienone is 2. The van der Waals surface area contributed by atoms with Gasteiger partial charge in [0.05, 0.1) is 49.3 Å². The zero-order valence-corrected chi connectivity index (χ0v) is 38.2. The van der Waals surface area contributed by atoms with E-state index in [-0.39, 0.29) is 42.7 Å². The summed E-state index contributed by atoms with van der Waals surface area (Å²) in [6, 6.07) is 0. The topological polar surface area (TPSA) is 170 Å². The third kappa shape index (κ3) is 9.64. The van der Waals surface area contributed by atoms with E-state index in [1.165, 1.54) is 0 Å². The van der Waals surface area contributed by atoms with Gasteiger partial charge in [0.2, 0.25) is 0 Å². The van der Waals surface area contributed by atoms with E-state index in [2.05, 4.69) is 39.8 Å². The Balaban J connectivity index is 1.18. The zero-order chi connectivity index (χ0) is 44.7. The van der Waals surface area contributed by atoms with Gasteiger partial charge in [-0.25, -0.2) is 0 Å². The second-order valence-electron chi connectivity index (χ2n) is 19.0. The summed E-state index contributed by atoms with van der Waals surface area (Å²) >= 11 is 0. The van der Waals surface area contributed by atoms with Crippen molar-refractivity contribution >= 4 is 5.97 Å². The van der Waals surface area contributed by atoms with Crippen LogP contribution in [0.15, 0.2) is 59.3 Å². The molecular weight excluding hydrogens is 801 g/mol. The highest BCUT2D eigenvalue weighted by Crippen LogP contribution is 2.47. The van der Waals surface area contributed by atoms with Gasteiger partial charge in [-0.1, -0.05) is 70.6 Å². The Morgan fingerprint density at radius 2 is 1.60 bits per heavy atom. The number of ether oxygens (including phenoxy) is 10. The molecule has 0 saturated carbocycles. The highest BCUT2D eigenvalue weighted by atomic mass is 16.7. The average Bonchev–Trinajstić information content (AvgIpc) is 3.58. The number of carbonyl (C=O) groups excluding carboxylic acids is 1. The van der Waals surface area contributed by atoms with Gasteiger partial charge in [0.25, 0.3) is 0 Å². The molecule has 20 atom stereocenters. The van der Waals surface area contributed by atoms with Gasteiger partial charge < -0.3 is 62.7 Å². The second-order valence-corrected chi connectivity index (χ2v) is 19.0. The molecule has 4 saturated heterocycles. The van der Waals surface area contributed by atoms with Gasteiger partial charge in [-0.15, -0.1) is 0 Å². The Hall–Kier alpha value is -2.31. The molecule has 0 aromatic rings. The number of methoxy groups -OCH3 is 2. The molecule has 0 aromatic carbocycles. The molecule has 348 valence electrons. The van der Waals surface area contributed by atoms with Gasteiger partial charge in [0, 0.05) is 51.7 Å². The first kappa shape index (κ1) is 47.6. The van der Waals surface area contributed by atoms with Crippen LogP contribution in [0.5, 0.6) is 0 Å².